The molecule has 6 heteroatoms. The van der Waals surface area contributed by atoms with Crippen LogP contribution in [0.4, 0.5) is 0 Å². The largest absolute Gasteiger partial charge is 0.478 e. The fourth-order valence-corrected chi connectivity index (χ4v) is 3.56. The van der Waals surface area contributed by atoms with Crippen molar-refractivity contribution in [2.24, 2.45) is 0 Å². The summed E-state index contributed by atoms with van der Waals surface area (Å²) < 4.78 is 16.3. The lowest BCUT2D eigenvalue weighted by Gasteiger charge is -2.22. The van der Waals surface area contributed by atoms with E-state index in [-0.39, 0.29) is 22.8 Å². The topological polar surface area (TPSA) is 61.8 Å². The monoisotopic (exact) mass is 352 g/mol. The van der Waals surface area contributed by atoms with Crippen molar-refractivity contribution in [3.63, 3.8) is 0 Å². The Kier molecular flexibility index (Phi) is 5.80. The van der Waals surface area contributed by atoms with Crippen LogP contribution in [0.25, 0.3) is 0 Å². The Hall–Kier alpha value is -1.69. The molecule has 1 aliphatic rings. The highest BCUT2D eigenvalue weighted by molar-refractivity contribution is 8.00. The molecule has 0 fully saturated rings. The molecule has 24 heavy (non-hydrogen) atoms. The van der Waals surface area contributed by atoms with Crippen LogP contribution in [0.2, 0.25) is 0 Å². The Morgan fingerprint density at radius 3 is 2.50 bits per heavy atom. The molecule has 2 rings (SSSR count). The Labute approximate surface area is 147 Å². The predicted octanol–water partition coefficient (Wildman–Crippen LogP) is 4.06. The fourth-order valence-electron chi connectivity index (χ4n) is 2.44. The van der Waals surface area contributed by atoms with Crippen molar-refractivity contribution in [1.29, 1.82) is 0 Å². The summed E-state index contributed by atoms with van der Waals surface area (Å²) in [6.07, 6.45) is 1.52. The number of carbonyl (C=O) groups excluding carboxylic acids is 2. The zero-order chi connectivity index (χ0) is 17.9. The minimum atomic E-state index is -0.331. The molecule has 1 aliphatic heterocycles. The molecule has 1 unspecified atom stereocenters. The Morgan fingerprint density at radius 1 is 1.21 bits per heavy atom. The molecule has 0 radical (unpaired) electrons. The average molecular weight is 352 g/mol. The van der Waals surface area contributed by atoms with Gasteiger partial charge in [0.25, 0.3) is 0 Å². The molecule has 0 amide bonds. The third-order valence-electron chi connectivity index (χ3n) is 3.51. The summed E-state index contributed by atoms with van der Waals surface area (Å²) in [5.41, 5.74) is 0.759. The number of fused-ring (bicyclic) bond motifs is 1. The molecule has 0 N–H and O–H groups in total. The molecule has 0 aliphatic carbocycles. The first-order valence-corrected chi connectivity index (χ1v) is 8.88. The maximum atomic E-state index is 11.4. The number of hydrogen-bond donors (Lipinski definition) is 0. The van der Waals surface area contributed by atoms with Crippen molar-refractivity contribution in [2.45, 2.75) is 63.2 Å². The van der Waals surface area contributed by atoms with Crippen molar-refractivity contribution in [2.75, 3.05) is 6.61 Å². The van der Waals surface area contributed by atoms with Gasteiger partial charge < -0.3 is 14.2 Å². The second-order valence-corrected chi connectivity index (χ2v) is 7.99. The molecule has 132 valence electrons. The summed E-state index contributed by atoms with van der Waals surface area (Å²) in [5, 5.41) is 0. The van der Waals surface area contributed by atoms with E-state index < -0.39 is 0 Å². The first kappa shape index (κ1) is 18.6. The molecule has 1 aromatic carbocycles. The lowest BCUT2D eigenvalue weighted by atomic mass is 9.86. The van der Waals surface area contributed by atoms with Crippen molar-refractivity contribution >= 4 is 23.7 Å². The van der Waals surface area contributed by atoms with E-state index in [0.717, 1.165) is 29.1 Å². The van der Waals surface area contributed by atoms with Crippen LogP contribution in [0.5, 0.6) is 11.5 Å². The van der Waals surface area contributed by atoms with E-state index in [9.17, 15) is 9.59 Å². The molecule has 0 aromatic heterocycles. The Balaban J connectivity index is 2.10. The highest BCUT2D eigenvalue weighted by atomic mass is 32.2. The number of hydrogen-bond acceptors (Lipinski definition) is 6. The van der Waals surface area contributed by atoms with Crippen LogP contribution in [-0.4, -0.2) is 24.0 Å². The van der Waals surface area contributed by atoms with Crippen LogP contribution in [0.3, 0.4) is 0 Å². The number of rotatable bonds is 5. The smallest absolute Gasteiger partial charge is 0.308 e. The summed E-state index contributed by atoms with van der Waals surface area (Å²) in [6.45, 7) is 9.42. The van der Waals surface area contributed by atoms with Crippen LogP contribution in [0.1, 0.15) is 53.0 Å². The molecule has 0 saturated carbocycles. The second kappa shape index (κ2) is 7.47. The summed E-state index contributed by atoms with van der Waals surface area (Å²) >= 11 is 1.60. The fraction of sp³-hybridized carbons (Fsp3) is 0.556. The molecule has 0 saturated heterocycles. The first-order valence-electron chi connectivity index (χ1n) is 8.00. The standard InChI is InChI=1S/C18H24O5S/c1-11(19)21-8-6-7-17-23-15-9-13(18(3,4)5)14(22-12(2)20)10-16(15)24-17/h9-10,17H,6-8H2,1-5H3. The van der Waals surface area contributed by atoms with Crippen LogP contribution in [0, 0.1) is 0 Å². The summed E-state index contributed by atoms with van der Waals surface area (Å²) in [4.78, 5) is 23.1. The zero-order valence-electron chi connectivity index (χ0n) is 14.8. The van der Waals surface area contributed by atoms with Gasteiger partial charge in [-0.3, -0.25) is 9.59 Å². The van der Waals surface area contributed by atoms with E-state index in [1.807, 2.05) is 12.1 Å². The van der Waals surface area contributed by atoms with Crippen molar-refractivity contribution in [1.82, 2.24) is 0 Å². The molecular weight excluding hydrogens is 328 g/mol. The maximum Gasteiger partial charge on any atom is 0.308 e. The van der Waals surface area contributed by atoms with Gasteiger partial charge in [-0.1, -0.05) is 32.5 Å². The third kappa shape index (κ3) is 4.90. The Bertz CT molecular complexity index is 633. The SMILES string of the molecule is CC(=O)OCCCC1Oc2cc(C(C)(C)C)c(OC(C)=O)cc2S1. The van der Waals surface area contributed by atoms with Crippen LogP contribution >= 0.6 is 11.8 Å². The van der Waals surface area contributed by atoms with E-state index in [1.54, 1.807) is 11.8 Å². The quantitative estimate of drug-likeness (QED) is 0.452. The van der Waals surface area contributed by atoms with Crippen LogP contribution in [-0.2, 0) is 19.7 Å². The summed E-state index contributed by atoms with van der Waals surface area (Å²) in [5.74, 6) is 0.810. The highest BCUT2D eigenvalue weighted by Crippen LogP contribution is 2.47. The molecular formula is C18H24O5S. The average Bonchev–Trinajstić information content (AvgIpc) is 2.82. The van der Waals surface area contributed by atoms with Gasteiger partial charge >= 0.3 is 11.9 Å². The van der Waals surface area contributed by atoms with Crippen molar-refractivity contribution in [3.8, 4) is 11.5 Å². The zero-order valence-corrected chi connectivity index (χ0v) is 15.6. The van der Waals surface area contributed by atoms with Gasteiger partial charge in [0.2, 0.25) is 0 Å². The van der Waals surface area contributed by atoms with E-state index in [0.29, 0.717) is 12.4 Å². The van der Waals surface area contributed by atoms with Crippen molar-refractivity contribution in [3.05, 3.63) is 17.7 Å². The van der Waals surface area contributed by atoms with Crippen molar-refractivity contribution < 1.29 is 23.8 Å². The van der Waals surface area contributed by atoms with E-state index >= 15 is 0 Å². The molecule has 1 aromatic rings. The first-order chi connectivity index (χ1) is 11.2. The minimum Gasteiger partial charge on any atom is -0.478 e. The predicted molar refractivity (Wildman–Crippen MR) is 92.6 cm³/mol. The van der Waals surface area contributed by atoms with Crippen LogP contribution < -0.4 is 9.47 Å². The maximum absolute atomic E-state index is 11.4. The normalized spacial score (nSPS) is 16.3. The van der Waals surface area contributed by atoms with E-state index in [1.165, 1.54) is 13.8 Å². The lowest BCUT2D eigenvalue weighted by molar-refractivity contribution is -0.141. The van der Waals surface area contributed by atoms with Gasteiger partial charge in [-0.25, -0.2) is 0 Å². The van der Waals surface area contributed by atoms with Gasteiger partial charge in [-0.05, 0) is 30.4 Å². The number of carbonyl (C=O) groups is 2. The lowest BCUT2D eigenvalue weighted by Crippen LogP contribution is -2.15. The van der Waals surface area contributed by atoms with Gasteiger partial charge in [0.15, 0.2) is 0 Å². The number of thioether (sulfide) groups is 1. The van der Waals surface area contributed by atoms with Crippen LogP contribution in [0.15, 0.2) is 17.0 Å². The number of ether oxygens (including phenoxy) is 3. The van der Waals surface area contributed by atoms with Gasteiger partial charge in [0, 0.05) is 19.4 Å². The Morgan fingerprint density at radius 2 is 1.92 bits per heavy atom. The third-order valence-corrected chi connectivity index (χ3v) is 4.68. The van der Waals surface area contributed by atoms with E-state index in [2.05, 4.69) is 20.8 Å². The number of benzene rings is 1. The van der Waals surface area contributed by atoms with Gasteiger partial charge in [0.1, 0.15) is 16.9 Å². The molecule has 0 bridgehead atoms. The highest BCUT2D eigenvalue weighted by Gasteiger charge is 2.29. The molecule has 0 spiro atoms. The molecule has 1 heterocycles. The van der Waals surface area contributed by atoms with Gasteiger partial charge in [-0.2, -0.15) is 0 Å². The van der Waals surface area contributed by atoms with E-state index in [4.69, 9.17) is 14.2 Å². The summed E-state index contributed by atoms with van der Waals surface area (Å²) in [7, 11) is 0. The summed E-state index contributed by atoms with van der Waals surface area (Å²) in [6, 6.07) is 3.85. The second-order valence-electron chi connectivity index (χ2n) is 6.79. The molecule has 1 atom stereocenters. The number of esters is 2. The minimum absolute atomic E-state index is 0.0176. The van der Waals surface area contributed by atoms with Gasteiger partial charge in [-0.15, -0.1) is 0 Å². The molecule has 5 nitrogen and oxygen atoms in total. The van der Waals surface area contributed by atoms with Gasteiger partial charge in [0.05, 0.1) is 11.5 Å².